The molecule has 24 heavy (non-hydrogen) atoms. The molecule has 12 heteroatoms. The lowest BCUT2D eigenvalue weighted by molar-refractivity contribution is 0.0604. The van der Waals surface area contributed by atoms with Crippen molar-refractivity contribution in [2.24, 2.45) is 0 Å². The van der Waals surface area contributed by atoms with Crippen LogP contribution in [-0.4, -0.2) is 51.1 Å². The van der Waals surface area contributed by atoms with E-state index in [1.807, 2.05) is 0 Å². The minimum absolute atomic E-state index is 0.181. The van der Waals surface area contributed by atoms with Crippen LogP contribution in [0.25, 0.3) is 16.0 Å². The Morgan fingerprint density at radius 3 is 2.46 bits per heavy atom. The van der Waals surface area contributed by atoms with Crippen molar-refractivity contribution in [1.29, 1.82) is 0 Å². The molecule has 0 aliphatic heterocycles. The lowest BCUT2D eigenvalue weighted by Crippen LogP contribution is -1.98. The van der Waals surface area contributed by atoms with Crippen LogP contribution in [0.2, 0.25) is 0 Å². The van der Waals surface area contributed by atoms with Gasteiger partial charge in [0.25, 0.3) is 0 Å². The number of aromatic nitrogens is 2. The first-order valence-corrected chi connectivity index (χ1v) is 8.24. The lowest BCUT2D eigenvalue weighted by Gasteiger charge is -1.95. The van der Waals surface area contributed by atoms with Gasteiger partial charge in [-0.2, -0.15) is 8.42 Å². The van der Waals surface area contributed by atoms with Crippen LogP contribution in [0.5, 0.6) is 0 Å². The zero-order valence-electron chi connectivity index (χ0n) is 11.9. The second kappa shape index (κ2) is 6.52. The summed E-state index contributed by atoms with van der Waals surface area (Å²) in [5.74, 6) is -1.43. The number of ether oxygens (including phenoxy) is 1. The molecule has 128 valence electrons. The first kappa shape index (κ1) is 17.8. The van der Waals surface area contributed by atoms with Gasteiger partial charge in [0.05, 0.1) is 23.7 Å². The predicted molar refractivity (Wildman–Crippen MR) is 83.1 cm³/mol. The van der Waals surface area contributed by atoms with E-state index < -0.39 is 22.3 Å². The molecule has 2 heterocycles. The standard InChI is InChI=1S/C12H8N2O4S.H2O4S/c1-18-11(17)9-5-14-8-4-6(10(15)16)2-3-7(8)13-12(14)19-9;1-5(2,3)4/h2-5H,1H3,(H,15,16);(H2,1,2,3,4). The van der Waals surface area contributed by atoms with Gasteiger partial charge in [-0.15, -0.1) is 0 Å². The minimum atomic E-state index is -4.67. The summed E-state index contributed by atoms with van der Waals surface area (Å²) >= 11 is 1.20. The smallest absolute Gasteiger partial charge is 0.394 e. The number of imidazole rings is 1. The maximum absolute atomic E-state index is 11.4. The molecule has 2 aromatic heterocycles. The van der Waals surface area contributed by atoms with E-state index in [0.29, 0.717) is 20.9 Å². The zero-order chi connectivity index (χ0) is 18.1. The van der Waals surface area contributed by atoms with Crippen LogP contribution < -0.4 is 0 Å². The minimum Gasteiger partial charge on any atom is -0.478 e. The van der Waals surface area contributed by atoms with Gasteiger partial charge >= 0.3 is 22.3 Å². The van der Waals surface area contributed by atoms with Gasteiger partial charge in [-0.05, 0) is 18.2 Å². The molecule has 1 aromatic carbocycles. The monoisotopic (exact) mass is 374 g/mol. The fraction of sp³-hybridized carbons (Fsp3) is 0.0833. The highest BCUT2D eigenvalue weighted by Gasteiger charge is 2.15. The summed E-state index contributed by atoms with van der Waals surface area (Å²) in [4.78, 5) is 27.8. The summed E-state index contributed by atoms with van der Waals surface area (Å²) in [5.41, 5.74) is 1.52. The van der Waals surface area contributed by atoms with Crippen molar-refractivity contribution in [2.75, 3.05) is 7.11 Å². The Kier molecular flexibility index (Phi) is 4.84. The van der Waals surface area contributed by atoms with Crippen molar-refractivity contribution < 1.29 is 37.0 Å². The molecule has 0 aliphatic rings. The van der Waals surface area contributed by atoms with Crippen molar-refractivity contribution in [3.8, 4) is 0 Å². The Morgan fingerprint density at radius 2 is 1.92 bits per heavy atom. The van der Waals surface area contributed by atoms with Crippen molar-refractivity contribution in [1.82, 2.24) is 9.38 Å². The number of carboxylic acids is 1. The molecule has 0 fully saturated rings. The first-order valence-electron chi connectivity index (χ1n) is 6.03. The highest BCUT2D eigenvalue weighted by molar-refractivity contribution is 7.79. The Labute approximate surface area is 138 Å². The number of thiazole rings is 1. The van der Waals surface area contributed by atoms with Crippen LogP contribution in [0.15, 0.2) is 24.4 Å². The highest BCUT2D eigenvalue weighted by Crippen LogP contribution is 2.25. The second-order valence-electron chi connectivity index (χ2n) is 4.31. The maximum atomic E-state index is 11.4. The van der Waals surface area contributed by atoms with Gasteiger partial charge in [-0.1, -0.05) is 11.3 Å². The third-order valence-electron chi connectivity index (χ3n) is 2.74. The third kappa shape index (κ3) is 4.05. The van der Waals surface area contributed by atoms with Crippen molar-refractivity contribution in [3.05, 3.63) is 34.8 Å². The number of esters is 1. The number of fused-ring (bicyclic) bond motifs is 3. The third-order valence-corrected chi connectivity index (χ3v) is 3.70. The number of hydrogen-bond acceptors (Lipinski definition) is 7. The molecule has 3 rings (SSSR count). The largest absolute Gasteiger partial charge is 0.478 e. The Hall–Kier alpha value is -2.54. The van der Waals surface area contributed by atoms with Gasteiger partial charge in [0.1, 0.15) is 4.88 Å². The molecular formula is C12H10N2O8S2. The summed E-state index contributed by atoms with van der Waals surface area (Å²) in [5, 5.41) is 8.98. The SMILES string of the molecule is COC(=O)c1cn2c(nc3ccc(C(=O)O)cc32)s1.O=S(=O)(O)O. The molecule has 3 aromatic rings. The topological polar surface area (TPSA) is 155 Å². The molecular weight excluding hydrogens is 364 g/mol. The van der Waals surface area contributed by atoms with E-state index in [2.05, 4.69) is 9.72 Å². The van der Waals surface area contributed by atoms with E-state index in [4.69, 9.17) is 22.6 Å². The van der Waals surface area contributed by atoms with Gasteiger partial charge < -0.3 is 9.84 Å². The van der Waals surface area contributed by atoms with Crippen LogP contribution in [-0.2, 0) is 15.1 Å². The van der Waals surface area contributed by atoms with Crippen molar-refractivity contribution in [2.45, 2.75) is 0 Å². The molecule has 0 saturated heterocycles. The summed E-state index contributed by atoms with van der Waals surface area (Å²) in [7, 11) is -3.36. The number of aromatic carboxylic acids is 1. The van der Waals surface area contributed by atoms with E-state index in [9.17, 15) is 9.59 Å². The number of rotatable bonds is 2. The van der Waals surface area contributed by atoms with Crippen LogP contribution in [0.4, 0.5) is 0 Å². The van der Waals surface area contributed by atoms with Gasteiger partial charge in [-0.3, -0.25) is 13.5 Å². The van der Waals surface area contributed by atoms with E-state index in [1.54, 1.807) is 16.7 Å². The molecule has 0 amide bonds. The molecule has 0 spiro atoms. The van der Waals surface area contributed by atoms with E-state index >= 15 is 0 Å². The first-order chi connectivity index (χ1) is 11.1. The normalized spacial score (nSPS) is 11.1. The number of carbonyl (C=O) groups excluding carboxylic acids is 1. The second-order valence-corrected chi connectivity index (χ2v) is 6.21. The van der Waals surface area contributed by atoms with Crippen molar-refractivity contribution in [3.63, 3.8) is 0 Å². The number of carboxylic acid groups (broad SMARTS) is 1. The molecule has 0 unspecified atom stereocenters. The number of methoxy groups -OCH3 is 1. The average molecular weight is 374 g/mol. The quantitative estimate of drug-likeness (QED) is 0.445. The molecule has 0 atom stereocenters. The van der Waals surface area contributed by atoms with E-state index in [0.717, 1.165) is 0 Å². The molecule has 10 nitrogen and oxygen atoms in total. The van der Waals surface area contributed by atoms with E-state index in [-0.39, 0.29) is 5.56 Å². The summed E-state index contributed by atoms with van der Waals surface area (Å²) in [6, 6.07) is 4.69. The van der Waals surface area contributed by atoms with Crippen LogP contribution >= 0.6 is 11.3 Å². The number of hydrogen-bond donors (Lipinski definition) is 3. The lowest BCUT2D eigenvalue weighted by atomic mass is 10.2. The van der Waals surface area contributed by atoms with Crippen molar-refractivity contribution >= 4 is 49.7 Å². The molecule has 0 aliphatic carbocycles. The summed E-state index contributed by atoms with van der Waals surface area (Å²) < 4.78 is 37.9. The summed E-state index contributed by atoms with van der Waals surface area (Å²) in [6.45, 7) is 0. The predicted octanol–water partition coefficient (Wildman–Crippen LogP) is 1.38. The number of nitrogens with zero attached hydrogens (tertiary/aromatic N) is 2. The molecule has 3 N–H and O–H groups in total. The molecule has 0 saturated carbocycles. The van der Waals surface area contributed by atoms with Gasteiger partial charge in [0, 0.05) is 6.20 Å². The Bertz CT molecular complexity index is 1030. The van der Waals surface area contributed by atoms with Gasteiger partial charge in [0.15, 0.2) is 4.96 Å². The number of benzene rings is 1. The fourth-order valence-corrected chi connectivity index (χ4v) is 2.75. The van der Waals surface area contributed by atoms with Gasteiger partial charge in [-0.25, -0.2) is 14.6 Å². The summed E-state index contributed by atoms with van der Waals surface area (Å²) in [6.07, 6.45) is 1.60. The van der Waals surface area contributed by atoms with Gasteiger partial charge in [0.2, 0.25) is 0 Å². The van der Waals surface area contributed by atoms with E-state index in [1.165, 1.54) is 30.6 Å². The Morgan fingerprint density at radius 1 is 1.29 bits per heavy atom. The van der Waals surface area contributed by atoms with Crippen LogP contribution in [0.3, 0.4) is 0 Å². The maximum Gasteiger partial charge on any atom is 0.394 e. The van der Waals surface area contributed by atoms with Crippen LogP contribution in [0, 0.1) is 0 Å². The fourth-order valence-electron chi connectivity index (χ4n) is 1.84. The highest BCUT2D eigenvalue weighted by atomic mass is 32.3. The average Bonchev–Trinajstić information content (AvgIpc) is 3.01. The zero-order valence-corrected chi connectivity index (χ0v) is 13.5. The molecule has 0 bridgehead atoms. The Balaban J connectivity index is 0.000000368. The number of carbonyl (C=O) groups is 2. The molecule has 0 radical (unpaired) electrons. The van der Waals surface area contributed by atoms with Crippen LogP contribution in [0.1, 0.15) is 20.0 Å².